The number of aliphatic carboxylic acids is 1. The zero-order chi connectivity index (χ0) is 25.0. The number of carbonyl (C=O) groups is 3. The van der Waals surface area contributed by atoms with Gasteiger partial charge in [-0.05, 0) is 70.8 Å². The van der Waals surface area contributed by atoms with Gasteiger partial charge in [0, 0.05) is 12.6 Å². The van der Waals surface area contributed by atoms with Crippen LogP contribution in [0.4, 0.5) is 0 Å². The van der Waals surface area contributed by atoms with Gasteiger partial charge in [0.15, 0.2) is 5.78 Å². The van der Waals surface area contributed by atoms with Crippen LogP contribution in [0.15, 0.2) is 47.1 Å². The molecule has 3 atom stereocenters. The van der Waals surface area contributed by atoms with Crippen molar-refractivity contribution in [3.8, 4) is 0 Å². The van der Waals surface area contributed by atoms with Gasteiger partial charge >= 0.3 is 5.97 Å². The molecule has 0 saturated carbocycles. The summed E-state index contributed by atoms with van der Waals surface area (Å²) in [5.41, 5.74) is 3.20. The molecule has 0 aromatic rings. The Kier molecular flexibility index (Phi) is 12.6. The van der Waals surface area contributed by atoms with Crippen molar-refractivity contribution in [3.63, 3.8) is 0 Å². The van der Waals surface area contributed by atoms with E-state index < -0.39 is 24.0 Å². The zero-order valence-electron chi connectivity index (χ0n) is 20.3. The predicted octanol–water partition coefficient (Wildman–Crippen LogP) is 3.58. The van der Waals surface area contributed by atoms with E-state index in [0.717, 1.165) is 43.3 Å². The summed E-state index contributed by atoms with van der Waals surface area (Å²) in [4.78, 5) is 35.0. The van der Waals surface area contributed by atoms with Gasteiger partial charge in [-0.1, -0.05) is 42.4 Å². The molecule has 1 aliphatic rings. The molecule has 0 aromatic carbocycles. The highest BCUT2D eigenvalue weighted by molar-refractivity contribution is 5.93. The lowest BCUT2D eigenvalue weighted by molar-refractivity contribution is -0.142. The number of Topliss-reactive ketones (excluding diaryl/α,β-unsaturated/α-hetero) is 1. The fraction of sp³-hybridized carbons (Fsp3) is 0.577. The largest absolute Gasteiger partial charge is 0.480 e. The summed E-state index contributed by atoms with van der Waals surface area (Å²) < 4.78 is 0. The standard InChI is InChI=1S/C26H39NO6/c1-18(10-6-12-20(3)14-23(29)26(33)21(4)28)8-5-9-19(2)11-7-13-22-15-24(30)27(16-22)17-25(31)32/h5,8-9,12,15,18,23,26,29,33H,6-7,10-11,13-14,16-17H2,1-4H3,(H,31,32). The molecular weight excluding hydrogens is 422 g/mol. The van der Waals surface area contributed by atoms with Gasteiger partial charge in [0.25, 0.3) is 0 Å². The minimum absolute atomic E-state index is 0.216. The molecule has 0 saturated heterocycles. The number of carbonyl (C=O) groups excluding carboxylic acids is 2. The molecule has 0 aromatic heterocycles. The van der Waals surface area contributed by atoms with Crippen molar-refractivity contribution in [2.24, 2.45) is 5.92 Å². The Morgan fingerprint density at radius 3 is 2.52 bits per heavy atom. The van der Waals surface area contributed by atoms with Crippen LogP contribution in [0, 0.1) is 5.92 Å². The van der Waals surface area contributed by atoms with E-state index in [9.17, 15) is 24.6 Å². The first-order valence-corrected chi connectivity index (χ1v) is 11.6. The van der Waals surface area contributed by atoms with Gasteiger partial charge in [0.1, 0.15) is 12.6 Å². The molecule has 0 radical (unpaired) electrons. The summed E-state index contributed by atoms with van der Waals surface area (Å²) in [6.07, 6.45) is 12.3. The smallest absolute Gasteiger partial charge is 0.323 e. The molecule has 0 spiro atoms. The number of ketones is 1. The van der Waals surface area contributed by atoms with Crippen molar-refractivity contribution in [3.05, 3.63) is 47.1 Å². The molecule has 1 rings (SSSR count). The van der Waals surface area contributed by atoms with E-state index in [1.54, 1.807) is 6.08 Å². The lowest BCUT2D eigenvalue weighted by atomic mass is 9.99. The fourth-order valence-electron chi connectivity index (χ4n) is 3.65. The summed E-state index contributed by atoms with van der Waals surface area (Å²) in [6, 6.07) is 0. The van der Waals surface area contributed by atoms with Crippen molar-refractivity contribution < 1.29 is 29.7 Å². The Bertz CT molecular complexity index is 808. The molecule has 1 aliphatic heterocycles. The van der Waals surface area contributed by atoms with Gasteiger partial charge < -0.3 is 20.2 Å². The molecule has 184 valence electrons. The number of allylic oxidation sites excluding steroid dienone is 5. The van der Waals surface area contributed by atoms with Gasteiger partial charge in [0.05, 0.1) is 6.10 Å². The van der Waals surface area contributed by atoms with Crippen LogP contribution in [0.3, 0.4) is 0 Å². The molecule has 0 bridgehead atoms. The SMILES string of the molecule is CC(=O)C(O)C(O)CC(C)=CCCC(C)C=CC=C(C)CCCC1=CC(=O)N(CC(=O)O)C1. The Hall–Kier alpha value is -2.51. The Morgan fingerprint density at radius 2 is 1.88 bits per heavy atom. The molecular formula is C26H39NO6. The van der Waals surface area contributed by atoms with Crippen LogP contribution in [0.2, 0.25) is 0 Å². The van der Waals surface area contributed by atoms with Crippen LogP contribution >= 0.6 is 0 Å². The molecule has 7 heteroatoms. The molecule has 7 nitrogen and oxygen atoms in total. The summed E-state index contributed by atoms with van der Waals surface area (Å²) >= 11 is 0. The number of hydrogen-bond donors (Lipinski definition) is 3. The van der Waals surface area contributed by atoms with Gasteiger partial charge in [-0.25, -0.2) is 0 Å². The third-order valence-electron chi connectivity index (χ3n) is 5.68. The molecule has 33 heavy (non-hydrogen) atoms. The van der Waals surface area contributed by atoms with E-state index in [2.05, 4.69) is 32.1 Å². The van der Waals surface area contributed by atoms with E-state index in [4.69, 9.17) is 5.11 Å². The first-order valence-electron chi connectivity index (χ1n) is 11.6. The number of rotatable bonds is 15. The maximum Gasteiger partial charge on any atom is 0.323 e. The molecule has 3 N–H and O–H groups in total. The van der Waals surface area contributed by atoms with Crippen molar-refractivity contribution in [2.75, 3.05) is 13.1 Å². The monoisotopic (exact) mass is 461 g/mol. The van der Waals surface area contributed by atoms with Crippen LogP contribution < -0.4 is 0 Å². The highest BCUT2D eigenvalue weighted by Gasteiger charge is 2.23. The van der Waals surface area contributed by atoms with Gasteiger partial charge in [-0.3, -0.25) is 14.4 Å². The number of amides is 1. The van der Waals surface area contributed by atoms with Crippen molar-refractivity contribution >= 4 is 17.7 Å². The van der Waals surface area contributed by atoms with Gasteiger partial charge in [-0.2, -0.15) is 0 Å². The Balaban J connectivity index is 2.30. The third kappa shape index (κ3) is 11.8. The van der Waals surface area contributed by atoms with Crippen LogP contribution in [-0.2, 0) is 14.4 Å². The molecule has 1 amide bonds. The number of aliphatic hydroxyl groups is 2. The maximum atomic E-state index is 11.8. The predicted molar refractivity (Wildman–Crippen MR) is 129 cm³/mol. The van der Waals surface area contributed by atoms with E-state index in [1.165, 1.54) is 17.4 Å². The van der Waals surface area contributed by atoms with Crippen molar-refractivity contribution in [1.82, 2.24) is 4.90 Å². The second-order valence-corrected chi connectivity index (χ2v) is 9.07. The summed E-state index contributed by atoms with van der Waals surface area (Å²) in [5.74, 6) is -1.25. The minimum Gasteiger partial charge on any atom is -0.480 e. The first kappa shape index (κ1) is 28.5. The minimum atomic E-state index is -1.32. The third-order valence-corrected chi connectivity index (χ3v) is 5.68. The summed E-state index contributed by atoms with van der Waals surface area (Å²) in [5, 5.41) is 28.2. The average molecular weight is 462 g/mol. The number of carboxylic acid groups (broad SMARTS) is 1. The van der Waals surface area contributed by atoms with Crippen molar-refractivity contribution in [2.45, 2.75) is 78.4 Å². The average Bonchev–Trinajstić information content (AvgIpc) is 3.05. The molecule has 1 heterocycles. The van der Waals surface area contributed by atoms with Crippen molar-refractivity contribution in [1.29, 1.82) is 0 Å². The lowest BCUT2D eigenvalue weighted by Gasteiger charge is -2.15. The number of carboxylic acids is 1. The summed E-state index contributed by atoms with van der Waals surface area (Å²) in [7, 11) is 0. The molecule has 3 unspecified atom stereocenters. The Morgan fingerprint density at radius 1 is 1.18 bits per heavy atom. The quantitative estimate of drug-likeness (QED) is 0.254. The zero-order valence-corrected chi connectivity index (χ0v) is 20.3. The molecule has 0 aliphatic carbocycles. The highest BCUT2D eigenvalue weighted by Crippen LogP contribution is 2.19. The number of nitrogens with zero attached hydrogens (tertiary/aromatic N) is 1. The van der Waals surface area contributed by atoms with Gasteiger partial charge in [-0.15, -0.1) is 0 Å². The summed E-state index contributed by atoms with van der Waals surface area (Å²) in [6.45, 7) is 7.54. The fourth-order valence-corrected chi connectivity index (χ4v) is 3.65. The second-order valence-electron chi connectivity index (χ2n) is 9.07. The maximum absolute atomic E-state index is 11.8. The van der Waals surface area contributed by atoms with Crippen LogP contribution in [-0.4, -0.2) is 63.2 Å². The second kappa shape index (κ2) is 14.6. The topological polar surface area (TPSA) is 115 Å². The van der Waals surface area contributed by atoms with E-state index in [1.807, 2.05) is 13.0 Å². The Labute approximate surface area is 197 Å². The highest BCUT2D eigenvalue weighted by atomic mass is 16.4. The van der Waals surface area contributed by atoms with Crippen LogP contribution in [0.1, 0.15) is 66.2 Å². The van der Waals surface area contributed by atoms with E-state index >= 15 is 0 Å². The normalized spacial score (nSPS) is 17.9. The number of hydrogen-bond acceptors (Lipinski definition) is 5. The number of aliphatic hydroxyl groups excluding tert-OH is 2. The first-order chi connectivity index (χ1) is 15.5. The molecule has 0 fully saturated rings. The van der Waals surface area contributed by atoms with Crippen LogP contribution in [0.5, 0.6) is 0 Å². The van der Waals surface area contributed by atoms with Gasteiger partial charge in [0.2, 0.25) is 5.91 Å². The van der Waals surface area contributed by atoms with Crippen LogP contribution in [0.25, 0.3) is 0 Å². The lowest BCUT2D eigenvalue weighted by Crippen LogP contribution is -2.32. The van der Waals surface area contributed by atoms with E-state index in [0.29, 0.717) is 12.5 Å². The van der Waals surface area contributed by atoms with E-state index in [-0.39, 0.29) is 18.9 Å².